The van der Waals surface area contributed by atoms with Crippen LogP contribution in [0.25, 0.3) is 0 Å². The molecule has 2 aromatic carbocycles. The van der Waals surface area contributed by atoms with Crippen LogP contribution in [0, 0.1) is 12.8 Å². The molecule has 0 radical (unpaired) electrons. The molecule has 0 heterocycles. The summed E-state index contributed by atoms with van der Waals surface area (Å²) in [7, 11) is 0. The minimum Gasteiger partial charge on any atom is -0.326 e. The number of amides is 1. The standard InChI is InChI=1S/C17H16ClNO/c1-11-6-8-12(9-7-11)19-17(20)15-10-14(15)13-4-2-3-5-16(13)18/h2-9,14-15H,10H2,1H3,(H,19,20). The van der Waals surface area contributed by atoms with Crippen LogP contribution in [-0.2, 0) is 4.79 Å². The second-order valence-corrected chi connectivity index (χ2v) is 5.73. The Labute approximate surface area is 123 Å². The Morgan fingerprint density at radius 3 is 2.55 bits per heavy atom. The smallest absolute Gasteiger partial charge is 0.228 e. The summed E-state index contributed by atoms with van der Waals surface area (Å²) in [5.41, 5.74) is 3.12. The highest BCUT2D eigenvalue weighted by atomic mass is 35.5. The Morgan fingerprint density at radius 2 is 1.85 bits per heavy atom. The molecule has 2 nitrogen and oxygen atoms in total. The Hall–Kier alpha value is -1.80. The van der Waals surface area contributed by atoms with E-state index >= 15 is 0 Å². The fourth-order valence-corrected chi connectivity index (χ4v) is 2.75. The maximum atomic E-state index is 12.2. The van der Waals surface area contributed by atoms with Crippen molar-refractivity contribution in [3.05, 3.63) is 64.7 Å². The first-order valence-electron chi connectivity index (χ1n) is 6.77. The first-order chi connectivity index (χ1) is 9.65. The van der Waals surface area contributed by atoms with Crippen LogP contribution in [0.3, 0.4) is 0 Å². The van der Waals surface area contributed by atoms with Crippen LogP contribution >= 0.6 is 11.6 Å². The van der Waals surface area contributed by atoms with Crippen molar-refractivity contribution in [2.24, 2.45) is 5.92 Å². The highest BCUT2D eigenvalue weighted by Crippen LogP contribution is 2.49. The Bertz CT molecular complexity index is 636. The van der Waals surface area contributed by atoms with Crippen LogP contribution in [0.4, 0.5) is 5.69 Å². The topological polar surface area (TPSA) is 29.1 Å². The Kier molecular flexibility index (Phi) is 3.49. The predicted molar refractivity (Wildman–Crippen MR) is 82.1 cm³/mol. The van der Waals surface area contributed by atoms with Crippen molar-refractivity contribution >= 4 is 23.2 Å². The van der Waals surface area contributed by atoms with Gasteiger partial charge in [-0.3, -0.25) is 4.79 Å². The molecule has 2 unspecified atom stereocenters. The van der Waals surface area contributed by atoms with E-state index in [9.17, 15) is 4.79 Å². The molecular formula is C17H16ClNO. The van der Waals surface area contributed by atoms with Crippen molar-refractivity contribution in [2.45, 2.75) is 19.3 Å². The van der Waals surface area contributed by atoms with Crippen LogP contribution in [0.1, 0.15) is 23.5 Å². The lowest BCUT2D eigenvalue weighted by Crippen LogP contribution is -2.14. The molecule has 1 aliphatic rings. The lowest BCUT2D eigenvalue weighted by atomic mass is 10.1. The summed E-state index contributed by atoms with van der Waals surface area (Å²) in [6.45, 7) is 2.03. The molecular weight excluding hydrogens is 270 g/mol. The minimum absolute atomic E-state index is 0.0382. The zero-order valence-corrected chi connectivity index (χ0v) is 12.0. The summed E-state index contributed by atoms with van der Waals surface area (Å²) in [5.74, 6) is 0.379. The van der Waals surface area contributed by atoms with Crippen LogP contribution < -0.4 is 5.32 Å². The van der Waals surface area contributed by atoms with Crippen molar-refractivity contribution in [3.8, 4) is 0 Å². The van der Waals surface area contributed by atoms with E-state index in [1.54, 1.807) is 0 Å². The third-order valence-electron chi connectivity index (χ3n) is 3.75. The van der Waals surface area contributed by atoms with Gasteiger partial charge in [0.1, 0.15) is 0 Å². The third-order valence-corrected chi connectivity index (χ3v) is 4.10. The summed E-state index contributed by atoms with van der Waals surface area (Å²) in [6.07, 6.45) is 0.876. The van der Waals surface area contributed by atoms with Crippen molar-refractivity contribution in [1.82, 2.24) is 0 Å². The second kappa shape index (κ2) is 5.29. The van der Waals surface area contributed by atoms with E-state index < -0.39 is 0 Å². The van der Waals surface area contributed by atoms with Gasteiger partial charge in [-0.25, -0.2) is 0 Å². The van der Waals surface area contributed by atoms with Gasteiger partial charge >= 0.3 is 0 Å². The van der Waals surface area contributed by atoms with E-state index in [2.05, 4.69) is 5.32 Å². The molecule has 0 aromatic heterocycles. The van der Waals surface area contributed by atoms with E-state index in [1.165, 1.54) is 5.56 Å². The maximum Gasteiger partial charge on any atom is 0.228 e. The van der Waals surface area contributed by atoms with Crippen molar-refractivity contribution in [3.63, 3.8) is 0 Å². The first kappa shape index (κ1) is 13.2. The maximum absolute atomic E-state index is 12.2. The third kappa shape index (κ3) is 2.70. The SMILES string of the molecule is Cc1ccc(NC(=O)C2CC2c2ccccc2Cl)cc1. The van der Waals surface area contributed by atoms with Crippen LogP contribution in [0.15, 0.2) is 48.5 Å². The fraction of sp³-hybridized carbons (Fsp3) is 0.235. The highest BCUT2D eigenvalue weighted by molar-refractivity contribution is 6.31. The number of halogens is 1. The van der Waals surface area contributed by atoms with E-state index in [4.69, 9.17) is 11.6 Å². The van der Waals surface area contributed by atoms with Gasteiger partial charge in [-0.05, 0) is 43.0 Å². The molecule has 102 valence electrons. The van der Waals surface area contributed by atoms with Crippen LogP contribution in [0.2, 0.25) is 5.02 Å². The molecule has 0 saturated heterocycles. The molecule has 2 atom stereocenters. The quantitative estimate of drug-likeness (QED) is 0.890. The fourth-order valence-electron chi connectivity index (χ4n) is 2.48. The normalized spacial score (nSPS) is 20.5. The zero-order valence-electron chi connectivity index (χ0n) is 11.3. The monoisotopic (exact) mass is 285 g/mol. The highest BCUT2D eigenvalue weighted by Gasteiger charge is 2.44. The Morgan fingerprint density at radius 1 is 1.15 bits per heavy atom. The molecule has 1 N–H and O–H groups in total. The summed E-state index contributed by atoms with van der Waals surface area (Å²) in [6, 6.07) is 15.6. The molecule has 3 rings (SSSR count). The van der Waals surface area contributed by atoms with Gasteiger partial charge in [0.05, 0.1) is 0 Å². The molecule has 0 bridgehead atoms. The predicted octanol–water partition coefficient (Wildman–Crippen LogP) is 4.39. The molecule has 20 heavy (non-hydrogen) atoms. The number of hydrogen-bond donors (Lipinski definition) is 1. The zero-order chi connectivity index (χ0) is 14.1. The number of rotatable bonds is 3. The van der Waals surface area contributed by atoms with E-state index in [1.807, 2.05) is 55.5 Å². The van der Waals surface area contributed by atoms with Gasteiger partial charge in [-0.15, -0.1) is 0 Å². The number of benzene rings is 2. The Balaban J connectivity index is 1.66. The van der Waals surface area contributed by atoms with Gasteiger partial charge in [0, 0.05) is 16.6 Å². The molecule has 1 fully saturated rings. The van der Waals surface area contributed by atoms with Gasteiger partial charge in [-0.1, -0.05) is 47.5 Å². The van der Waals surface area contributed by atoms with E-state index in [-0.39, 0.29) is 17.7 Å². The average Bonchev–Trinajstić information content (AvgIpc) is 3.22. The molecule has 3 heteroatoms. The largest absolute Gasteiger partial charge is 0.326 e. The van der Waals surface area contributed by atoms with Crippen LogP contribution in [-0.4, -0.2) is 5.91 Å². The first-order valence-corrected chi connectivity index (χ1v) is 7.15. The van der Waals surface area contributed by atoms with Crippen LogP contribution in [0.5, 0.6) is 0 Å². The summed E-state index contributed by atoms with van der Waals surface area (Å²) in [4.78, 5) is 12.2. The number of aryl methyl sites for hydroxylation is 1. The molecule has 1 aliphatic carbocycles. The van der Waals surface area contributed by atoms with E-state index in [0.717, 1.165) is 22.7 Å². The average molecular weight is 286 g/mol. The van der Waals surface area contributed by atoms with Crippen molar-refractivity contribution in [2.75, 3.05) is 5.32 Å². The van der Waals surface area contributed by atoms with E-state index in [0.29, 0.717) is 0 Å². The number of nitrogens with one attached hydrogen (secondary N) is 1. The lowest BCUT2D eigenvalue weighted by Gasteiger charge is -2.06. The number of carbonyl (C=O) groups is 1. The molecule has 1 amide bonds. The molecule has 1 saturated carbocycles. The summed E-state index contributed by atoms with van der Waals surface area (Å²) in [5, 5.41) is 3.72. The second-order valence-electron chi connectivity index (χ2n) is 5.33. The van der Waals surface area contributed by atoms with Gasteiger partial charge in [-0.2, -0.15) is 0 Å². The van der Waals surface area contributed by atoms with Gasteiger partial charge in [0.25, 0.3) is 0 Å². The van der Waals surface area contributed by atoms with Gasteiger partial charge in [0.2, 0.25) is 5.91 Å². The molecule has 2 aromatic rings. The lowest BCUT2D eigenvalue weighted by molar-refractivity contribution is -0.117. The number of anilines is 1. The van der Waals surface area contributed by atoms with Crippen molar-refractivity contribution < 1.29 is 4.79 Å². The molecule has 0 spiro atoms. The molecule has 0 aliphatic heterocycles. The summed E-state index contributed by atoms with van der Waals surface area (Å²) < 4.78 is 0. The summed E-state index contributed by atoms with van der Waals surface area (Å²) >= 11 is 6.18. The van der Waals surface area contributed by atoms with Gasteiger partial charge in [0.15, 0.2) is 0 Å². The van der Waals surface area contributed by atoms with Crippen molar-refractivity contribution in [1.29, 1.82) is 0 Å². The van der Waals surface area contributed by atoms with Gasteiger partial charge < -0.3 is 5.32 Å². The number of hydrogen-bond acceptors (Lipinski definition) is 1. The number of carbonyl (C=O) groups excluding carboxylic acids is 1. The minimum atomic E-state index is 0.0382.